The maximum absolute atomic E-state index is 10.2. The zero-order valence-corrected chi connectivity index (χ0v) is 7.87. The third-order valence-corrected chi connectivity index (χ3v) is 1.96. The van der Waals surface area contributed by atoms with Crippen LogP contribution < -0.4 is 5.73 Å². The molecule has 0 atom stereocenters. The smallest absolute Gasteiger partial charge is 0.142 e. The fourth-order valence-corrected chi connectivity index (χ4v) is 1.41. The molecule has 0 aromatic heterocycles. The fraction of sp³-hybridized carbons (Fsp3) is 0.182. The van der Waals surface area contributed by atoms with Gasteiger partial charge in [0.25, 0.3) is 0 Å². The van der Waals surface area contributed by atoms with Gasteiger partial charge in [0.1, 0.15) is 6.29 Å². The summed E-state index contributed by atoms with van der Waals surface area (Å²) in [5, 5.41) is 0. The molecular formula is C11H13NO. The molecule has 68 valence electrons. The van der Waals surface area contributed by atoms with E-state index in [1.165, 1.54) is 6.08 Å². The van der Waals surface area contributed by atoms with Crippen LogP contribution in [0.3, 0.4) is 0 Å². The largest absolute Gasteiger partial charge is 0.399 e. The molecule has 1 aromatic rings. The molecule has 13 heavy (non-hydrogen) atoms. The van der Waals surface area contributed by atoms with E-state index in [0.29, 0.717) is 0 Å². The molecule has 0 unspecified atom stereocenters. The monoisotopic (exact) mass is 175 g/mol. The summed E-state index contributed by atoms with van der Waals surface area (Å²) in [7, 11) is 0. The van der Waals surface area contributed by atoms with Crippen molar-refractivity contribution in [3.05, 3.63) is 34.9 Å². The quantitative estimate of drug-likeness (QED) is 0.425. The van der Waals surface area contributed by atoms with Crippen molar-refractivity contribution in [3.63, 3.8) is 0 Å². The van der Waals surface area contributed by atoms with Crippen molar-refractivity contribution < 1.29 is 4.79 Å². The van der Waals surface area contributed by atoms with Gasteiger partial charge in [-0.25, -0.2) is 0 Å². The van der Waals surface area contributed by atoms with Crippen LogP contribution in [0, 0.1) is 13.8 Å². The number of nitrogens with two attached hydrogens (primary N) is 1. The lowest BCUT2D eigenvalue weighted by Crippen LogP contribution is -1.91. The highest BCUT2D eigenvalue weighted by Gasteiger charge is 1.99. The molecule has 0 aliphatic rings. The second-order valence-corrected chi connectivity index (χ2v) is 3.06. The molecule has 0 saturated heterocycles. The summed E-state index contributed by atoms with van der Waals surface area (Å²) in [5.74, 6) is 0. The van der Waals surface area contributed by atoms with Crippen LogP contribution >= 0.6 is 0 Å². The Hall–Kier alpha value is -1.57. The maximum Gasteiger partial charge on any atom is 0.142 e. The van der Waals surface area contributed by atoms with Crippen LogP contribution in [0.1, 0.15) is 16.7 Å². The Bertz CT molecular complexity index is 330. The second-order valence-electron chi connectivity index (χ2n) is 3.06. The van der Waals surface area contributed by atoms with Crippen LogP contribution in [-0.4, -0.2) is 6.29 Å². The molecule has 1 aromatic carbocycles. The molecule has 0 saturated carbocycles. The number of anilines is 1. The zero-order chi connectivity index (χ0) is 9.84. The van der Waals surface area contributed by atoms with Crippen molar-refractivity contribution in [2.24, 2.45) is 0 Å². The molecule has 1 rings (SSSR count). The summed E-state index contributed by atoms with van der Waals surface area (Å²) in [4.78, 5) is 10.2. The lowest BCUT2D eigenvalue weighted by Gasteiger charge is -2.06. The van der Waals surface area contributed by atoms with Gasteiger partial charge in [0.15, 0.2) is 0 Å². The summed E-state index contributed by atoms with van der Waals surface area (Å²) in [6.07, 6.45) is 4.07. The SMILES string of the molecule is Cc1cc(N)cc(C)c1C=CC=O. The molecule has 0 aliphatic heterocycles. The van der Waals surface area contributed by atoms with Crippen molar-refractivity contribution >= 4 is 18.0 Å². The molecule has 2 nitrogen and oxygen atoms in total. The Labute approximate surface area is 78.1 Å². The topological polar surface area (TPSA) is 43.1 Å². The first-order chi connectivity index (χ1) is 6.15. The van der Waals surface area contributed by atoms with Crippen LogP contribution in [0.5, 0.6) is 0 Å². The van der Waals surface area contributed by atoms with Crippen LogP contribution in [0.4, 0.5) is 5.69 Å². The predicted octanol–water partition coefficient (Wildman–Crippen LogP) is 2.10. The number of nitrogen functional groups attached to an aromatic ring is 1. The lowest BCUT2D eigenvalue weighted by molar-refractivity contribution is -0.104. The normalized spacial score (nSPS) is 10.6. The fourth-order valence-electron chi connectivity index (χ4n) is 1.41. The van der Waals surface area contributed by atoms with Gasteiger partial charge in [0.05, 0.1) is 0 Å². The molecule has 2 heteroatoms. The highest BCUT2D eigenvalue weighted by Crippen LogP contribution is 2.18. The minimum Gasteiger partial charge on any atom is -0.399 e. The van der Waals surface area contributed by atoms with Gasteiger partial charge >= 0.3 is 0 Å². The van der Waals surface area contributed by atoms with E-state index in [1.807, 2.05) is 26.0 Å². The van der Waals surface area contributed by atoms with Crippen molar-refractivity contribution in [1.29, 1.82) is 0 Å². The Morgan fingerprint density at radius 2 is 1.77 bits per heavy atom. The number of carbonyl (C=O) groups excluding carboxylic acids is 1. The van der Waals surface area contributed by atoms with Crippen LogP contribution in [-0.2, 0) is 4.79 Å². The van der Waals surface area contributed by atoms with Gasteiger partial charge in [-0.15, -0.1) is 0 Å². The molecule has 0 aliphatic carbocycles. The molecule has 0 bridgehead atoms. The minimum absolute atomic E-state index is 0.762. The number of aldehydes is 1. The van der Waals surface area contributed by atoms with E-state index in [-0.39, 0.29) is 0 Å². The highest BCUT2D eigenvalue weighted by atomic mass is 16.1. The number of allylic oxidation sites excluding steroid dienone is 1. The molecule has 2 N–H and O–H groups in total. The standard InChI is InChI=1S/C11H13NO/c1-8-6-10(12)7-9(2)11(8)4-3-5-13/h3-7H,12H2,1-2H3. The summed E-state index contributed by atoms with van der Waals surface area (Å²) >= 11 is 0. The number of hydrogen-bond acceptors (Lipinski definition) is 2. The van der Waals surface area contributed by atoms with Gasteiger partial charge < -0.3 is 5.73 Å². The first-order valence-electron chi connectivity index (χ1n) is 4.13. The van der Waals surface area contributed by atoms with E-state index in [1.54, 1.807) is 6.08 Å². The molecule has 0 fully saturated rings. The van der Waals surface area contributed by atoms with Crippen molar-refractivity contribution in [2.75, 3.05) is 5.73 Å². The van der Waals surface area contributed by atoms with Gasteiger partial charge in [0, 0.05) is 5.69 Å². The molecule has 0 heterocycles. The molecular weight excluding hydrogens is 162 g/mol. The van der Waals surface area contributed by atoms with Gasteiger partial charge in [-0.05, 0) is 48.7 Å². The third-order valence-electron chi connectivity index (χ3n) is 1.96. The maximum atomic E-state index is 10.2. The Morgan fingerprint density at radius 1 is 1.23 bits per heavy atom. The van der Waals surface area contributed by atoms with Crippen molar-refractivity contribution in [1.82, 2.24) is 0 Å². The van der Waals surface area contributed by atoms with Gasteiger partial charge in [-0.1, -0.05) is 6.08 Å². The van der Waals surface area contributed by atoms with Gasteiger partial charge in [0.2, 0.25) is 0 Å². The number of hydrogen-bond donors (Lipinski definition) is 1. The first-order valence-corrected chi connectivity index (χ1v) is 4.13. The predicted molar refractivity (Wildman–Crippen MR) is 55.4 cm³/mol. The molecule has 0 amide bonds. The zero-order valence-electron chi connectivity index (χ0n) is 7.87. The van der Waals surface area contributed by atoms with Gasteiger partial charge in [-0.3, -0.25) is 4.79 Å². The summed E-state index contributed by atoms with van der Waals surface area (Å²) in [6.45, 7) is 3.96. The Kier molecular flexibility index (Phi) is 2.85. The number of benzene rings is 1. The van der Waals surface area contributed by atoms with E-state index in [4.69, 9.17) is 5.73 Å². The Morgan fingerprint density at radius 3 is 2.23 bits per heavy atom. The summed E-state index contributed by atoms with van der Waals surface area (Å²) < 4.78 is 0. The average Bonchev–Trinajstić information content (AvgIpc) is 2.02. The Balaban J connectivity index is 3.20. The summed E-state index contributed by atoms with van der Waals surface area (Å²) in [5.41, 5.74) is 9.68. The number of rotatable bonds is 2. The molecule has 0 spiro atoms. The number of carbonyl (C=O) groups is 1. The summed E-state index contributed by atoms with van der Waals surface area (Å²) in [6, 6.07) is 3.80. The number of aryl methyl sites for hydroxylation is 2. The van der Waals surface area contributed by atoms with Crippen molar-refractivity contribution in [2.45, 2.75) is 13.8 Å². The van der Waals surface area contributed by atoms with E-state index in [0.717, 1.165) is 28.7 Å². The molecule has 0 radical (unpaired) electrons. The van der Waals surface area contributed by atoms with Crippen LogP contribution in [0.15, 0.2) is 18.2 Å². The van der Waals surface area contributed by atoms with Crippen LogP contribution in [0.2, 0.25) is 0 Å². The minimum atomic E-state index is 0.762. The van der Waals surface area contributed by atoms with Crippen LogP contribution in [0.25, 0.3) is 6.08 Å². The van der Waals surface area contributed by atoms with Gasteiger partial charge in [-0.2, -0.15) is 0 Å². The van der Waals surface area contributed by atoms with E-state index >= 15 is 0 Å². The second kappa shape index (κ2) is 3.90. The van der Waals surface area contributed by atoms with E-state index in [9.17, 15) is 4.79 Å². The third kappa shape index (κ3) is 2.18. The first kappa shape index (κ1) is 9.52. The lowest BCUT2D eigenvalue weighted by atomic mass is 10.0. The average molecular weight is 175 g/mol. The van der Waals surface area contributed by atoms with E-state index < -0.39 is 0 Å². The van der Waals surface area contributed by atoms with E-state index in [2.05, 4.69) is 0 Å². The highest BCUT2D eigenvalue weighted by molar-refractivity contribution is 5.76. The van der Waals surface area contributed by atoms with Crippen molar-refractivity contribution in [3.8, 4) is 0 Å².